The van der Waals surface area contributed by atoms with Gasteiger partial charge >= 0.3 is 0 Å². The highest BCUT2D eigenvalue weighted by Gasteiger charge is 2.14. The van der Waals surface area contributed by atoms with Gasteiger partial charge in [0.1, 0.15) is 0 Å². The van der Waals surface area contributed by atoms with Gasteiger partial charge in [0.15, 0.2) is 0 Å². The van der Waals surface area contributed by atoms with Gasteiger partial charge in [-0.05, 0) is 41.5 Å². The molecule has 3 nitrogen and oxygen atoms in total. The van der Waals surface area contributed by atoms with E-state index in [0.717, 1.165) is 44.8 Å². The number of hydrogen-bond acceptors (Lipinski definition) is 2. The first-order chi connectivity index (χ1) is 18.3. The zero-order valence-electron chi connectivity index (χ0n) is 20.1. The number of aromatic nitrogens is 3. The Morgan fingerprint density at radius 3 is 1.78 bits per heavy atom. The molecule has 1 N–H and O–H groups in total. The summed E-state index contributed by atoms with van der Waals surface area (Å²) >= 11 is 0. The maximum atomic E-state index is 5.12. The maximum absolute atomic E-state index is 5.12. The van der Waals surface area contributed by atoms with E-state index in [1.54, 1.807) is 0 Å². The zero-order chi connectivity index (χ0) is 24.6. The van der Waals surface area contributed by atoms with Gasteiger partial charge in [-0.25, -0.2) is 4.98 Å². The van der Waals surface area contributed by atoms with Crippen LogP contribution in [0.5, 0.6) is 0 Å². The van der Waals surface area contributed by atoms with Gasteiger partial charge in [-0.3, -0.25) is 4.98 Å². The number of nitrogens with one attached hydrogen (secondary N) is 1. The topological polar surface area (TPSA) is 41.6 Å². The van der Waals surface area contributed by atoms with Gasteiger partial charge in [0, 0.05) is 33.7 Å². The van der Waals surface area contributed by atoms with Crippen molar-refractivity contribution in [3.63, 3.8) is 0 Å². The van der Waals surface area contributed by atoms with E-state index in [2.05, 4.69) is 119 Å². The minimum Gasteiger partial charge on any atom is -0.353 e. The molecule has 37 heavy (non-hydrogen) atoms. The number of aromatic amines is 1. The quantitative estimate of drug-likeness (QED) is 0.277. The van der Waals surface area contributed by atoms with E-state index in [0.29, 0.717) is 0 Å². The molecule has 0 saturated carbocycles. The summed E-state index contributed by atoms with van der Waals surface area (Å²) in [7, 11) is 0. The predicted octanol–water partition coefficient (Wildman–Crippen LogP) is 8.78. The number of fused-ring (bicyclic) bond motifs is 3. The van der Waals surface area contributed by atoms with E-state index in [9.17, 15) is 0 Å². The van der Waals surface area contributed by atoms with Crippen molar-refractivity contribution in [2.24, 2.45) is 0 Å². The highest BCUT2D eigenvalue weighted by molar-refractivity contribution is 6.14. The van der Waals surface area contributed by atoms with E-state index in [1.807, 2.05) is 24.4 Å². The third-order valence-electron chi connectivity index (χ3n) is 6.90. The summed E-state index contributed by atoms with van der Waals surface area (Å²) in [5.74, 6) is 0. The normalized spacial score (nSPS) is 11.2. The van der Waals surface area contributed by atoms with Crippen LogP contribution in [-0.2, 0) is 0 Å². The Bertz CT molecular complexity index is 1870. The number of pyridine rings is 2. The number of nitrogens with zero attached hydrogens (tertiary/aromatic N) is 2. The van der Waals surface area contributed by atoms with Crippen molar-refractivity contribution >= 4 is 21.8 Å². The van der Waals surface area contributed by atoms with Crippen LogP contribution in [0.4, 0.5) is 0 Å². The van der Waals surface area contributed by atoms with Gasteiger partial charge in [-0.2, -0.15) is 0 Å². The van der Waals surface area contributed by atoms with E-state index in [4.69, 9.17) is 4.98 Å². The molecule has 0 unspecified atom stereocenters. The minimum absolute atomic E-state index is 0.944. The highest BCUT2D eigenvalue weighted by atomic mass is 14.8. The van der Waals surface area contributed by atoms with Gasteiger partial charge in [0.2, 0.25) is 0 Å². The summed E-state index contributed by atoms with van der Waals surface area (Å²) in [6.45, 7) is 0. The largest absolute Gasteiger partial charge is 0.353 e. The zero-order valence-corrected chi connectivity index (χ0v) is 20.1. The number of para-hydroxylation sites is 2. The van der Waals surface area contributed by atoms with E-state index in [-0.39, 0.29) is 0 Å². The summed E-state index contributed by atoms with van der Waals surface area (Å²) in [6.07, 6.45) is 1.84. The Morgan fingerprint density at radius 1 is 0.432 bits per heavy atom. The van der Waals surface area contributed by atoms with Gasteiger partial charge in [-0.1, -0.05) is 97.1 Å². The van der Waals surface area contributed by atoms with E-state index < -0.39 is 0 Å². The molecule has 0 saturated heterocycles. The molecule has 0 amide bonds. The minimum atomic E-state index is 0.944. The SMILES string of the molecule is c1ccc(-c2cccc(-c3cccc(-c4cccc5c4[nH]c4c(-c6ccccn6)cccc45)n3)c2)cc1. The third kappa shape index (κ3) is 3.78. The average molecular weight is 474 g/mol. The molecule has 174 valence electrons. The fourth-order valence-corrected chi connectivity index (χ4v) is 5.13. The van der Waals surface area contributed by atoms with Crippen LogP contribution in [0.3, 0.4) is 0 Å². The summed E-state index contributed by atoms with van der Waals surface area (Å²) in [6, 6.07) is 44.2. The number of H-pyrrole nitrogens is 1. The molecule has 3 heteroatoms. The summed E-state index contributed by atoms with van der Waals surface area (Å²) < 4.78 is 0. The fraction of sp³-hybridized carbons (Fsp3) is 0. The highest BCUT2D eigenvalue weighted by Crippen LogP contribution is 2.37. The molecule has 3 heterocycles. The monoisotopic (exact) mass is 473 g/mol. The van der Waals surface area contributed by atoms with Crippen molar-refractivity contribution in [3.05, 3.63) is 134 Å². The first kappa shape index (κ1) is 21.3. The molecule has 3 aromatic heterocycles. The molecule has 0 fully saturated rings. The Hall–Kier alpha value is -5.02. The molecule has 0 aliphatic rings. The van der Waals surface area contributed by atoms with Crippen molar-refractivity contribution in [2.45, 2.75) is 0 Å². The van der Waals surface area contributed by atoms with Crippen LogP contribution in [0.2, 0.25) is 0 Å². The second-order valence-corrected chi connectivity index (χ2v) is 9.15. The third-order valence-corrected chi connectivity index (χ3v) is 6.90. The van der Waals surface area contributed by atoms with Crippen LogP contribution >= 0.6 is 0 Å². The van der Waals surface area contributed by atoms with Crippen molar-refractivity contribution in [3.8, 4) is 44.9 Å². The number of benzene rings is 4. The van der Waals surface area contributed by atoms with Crippen LogP contribution in [0.25, 0.3) is 66.7 Å². The molecule has 7 aromatic rings. The maximum Gasteiger partial charge on any atom is 0.0730 e. The van der Waals surface area contributed by atoms with Gasteiger partial charge in [-0.15, -0.1) is 0 Å². The fourth-order valence-electron chi connectivity index (χ4n) is 5.13. The number of hydrogen-bond donors (Lipinski definition) is 1. The van der Waals surface area contributed by atoms with Gasteiger partial charge in [0.25, 0.3) is 0 Å². The van der Waals surface area contributed by atoms with Crippen molar-refractivity contribution in [1.29, 1.82) is 0 Å². The van der Waals surface area contributed by atoms with Crippen LogP contribution in [0.1, 0.15) is 0 Å². The van der Waals surface area contributed by atoms with Gasteiger partial charge < -0.3 is 4.98 Å². The van der Waals surface area contributed by atoms with Crippen LogP contribution in [-0.4, -0.2) is 15.0 Å². The summed E-state index contributed by atoms with van der Waals surface area (Å²) in [5.41, 5.74) is 10.7. The second kappa shape index (κ2) is 8.89. The molecular formula is C34H23N3. The first-order valence-electron chi connectivity index (χ1n) is 12.4. The van der Waals surface area contributed by atoms with E-state index in [1.165, 1.54) is 21.9 Å². The summed E-state index contributed by atoms with van der Waals surface area (Å²) in [4.78, 5) is 13.4. The lowest BCUT2D eigenvalue weighted by Gasteiger charge is -2.08. The number of rotatable bonds is 4. The molecule has 0 spiro atoms. The molecular weight excluding hydrogens is 450 g/mol. The standard InChI is InChI=1S/C34H23N3/c1-2-10-23(11-3-1)24-12-6-13-25(22-24)30-19-9-20-32(36-30)29-17-8-15-27-26-14-7-16-28(33(26)37-34(27)29)31-18-4-5-21-35-31/h1-22,37H. The average Bonchev–Trinajstić information content (AvgIpc) is 3.37. The van der Waals surface area contributed by atoms with Crippen molar-refractivity contribution in [2.75, 3.05) is 0 Å². The van der Waals surface area contributed by atoms with Crippen LogP contribution < -0.4 is 0 Å². The Kier molecular flexibility index (Phi) is 5.11. The lowest BCUT2D eigenvalue weighted by molar-refractivity contribution is 1.32. The first-order valence-corrected chi connectivity index (χ1v) is 12.4. The van der Waals surface area contributed by atoms with E-state index >= 15 is 0 Å². The summed E-state index contributed by atoms with van der Waals surface area (Å²) in [5, 5.41) is 2.37. The molecule has 0 aliphatic carbocycles. The Labute approximate surface area is 215 Å². The lowest BCUT2D eigenvalue weighted by Crippen LogP contribution is -1.89. The molecule has 4 aromatic carbocycles. The van der Waals surface area contributed by atoms with Gasteiger partial charge in [0.05, 0.1) is 28.1 Å². The molecule has 7 rings (SSSR count). The molecule has 0 aliphatic heterocycles. The Balaban J connectivity index is 1.36. The molecule has 0 radical (unpaired) electrons. The van der Waals surface area contributed by atoms with Crippen LogP contribution in [0, 0.1) is 0 Å². The lowest BCUT2D eigenvalue weighted by atomic mass is 10.0. The predicted molar refractivity (Wildman–Crippen MR) is 153 cm³/mol. The Morgan fingerprint density at radius 2 is 1.03 bits per heavy atom. The molecule has 0 atom stereocenters. The smallest absolute Gasteiger partial charge is 0.0730 e. The molecule has 0 bridgehead atoms. The van der Waals surface area contributed by atoms with Crippen molar-refractivity contribution in [1.82, 2.24) is 15.0 Å². The second-order valence-electron chi connectivity index (χ2n) is 9.15. The van der Waals surface area contributed by atoms with Crippen molar-refractivity contribution < 1.29 is 0 Å². The van der Waals surface area contributed by atoms with Crippen LogP contribution in [0.15, 0.2) is 134 Å².